The van der Waals surface area contributed by atoms with Crippen molar-refractivity contribution in [3.05, 3.63) is 33.8 Å². The predicted molar refractivity (Wildman–Crippen MR) is 65.4 cm³/mol. The molecule has 98 valence electrons. The smallest absolute Gasteiger partial charge is 0.257 e. The van der Waals surface area contributed by atoms with E-state index < -0.39 is 23.1 Å². The van der Waals surface area contributed by atoms with Crippen LogP contribution < -0.4 is 5.32 Å². The van der Waals surface area contributed by atoms with Crippen molar-refractivity contribution in [1.82, 2.24) is 5.32 Å². The quantitative estimate of drug-likeness (QED) is 0.851. The maximum atomic E-state index is 13.7. The molecule has 1 saturated heterocycles. The molecule has 0 aliphatic carbocycles. The zero-order valence-corrected chi connectivity index (χ0v) is 11.1. The van der Waals surface area contributed by atoms with Crippen molar-refractivity contribution in [2.24, 2.45) is 0 Å². The lowest BCUT2D eigenvalue weighted by atomic mass is 10.1. The fourth-order valence-electron chi connectivity index (χ4n) is 1.83. The number of benzene rings is 1. The summed E-state index contributed by atoms with van der Waals surface area (Å²) in [6, 6.07) is 2.20. The van der Waals surface area contributed by atoms with Gasteiger partial charge in [0.2, 0.25) is 0 Å². The van der Waals surface area contributed by atoms with Gasteiger partial charge in [0, 0.05) is 19.3 Å². The monoisotopic (exact) mass is 319 g/mol. The van der Waals surface area contributed by atoms with Crippen LogP contribution in [-0.2, 0) is 4.74 Å². The molecule has 0 radical (unpaired) electrons. The summed E-state index contributed by atoms with van der Waals surface area (Å²) in [4.78, 5) is 11.9. The highest BCUT2D eigenvalue weighted by Crippen LogP contribution is 2.22. The van der Waals surface area contributed by atoms with Gasteiger partial charge in [0.1, 0.15) is 11.4 Å². The van der Waals surface area contributed by atoms with Gasteiger partial charge in [-0.3, -0.25) is 4.79 Å². The largest absolute Gasteiger partial charge is 0.381 e. The molecular weight excluding hydrogens is 308 g/mol. The zero-order valence-electron chi connectivity index (χ0n) is 9.51. The van der Waals surface area contributed by atoms with Gasteiger partial charge in [0.05, 0.1) is 4.47 Å². The standard InChI is InChI=1S/C12H12BrF2NO2/c13-8-1-2-9(14)10(11(8)15)12(17)16-7-3-5-18-6-4-7/h1-2,7H,3-6H2,(H,16,17). The number of carbonyl (C=O) groups is 1. The van der Waals surface area contributed by atoms with Crippen molar-refractivity contribution in [2.45, 2.75) is 18.9 Å². The highest BCUT2D eigenvalue weighted by molar-refractivity contribution is 9.10. The van der Waals surface area contributed by atoms with E-state index in [0.717, 1.165) is 6.07 Å². The lowest BCUT2D eigenvalue weighted by Gasteiger charge is -2.23. The van der Waals surface area contributed by atoms with Crippen molar-refractivity contribution in [2.75, 3.05) is 13.2 Å². The molecule has 18 heavy (non-hydrogen) atoms. The normalized spacial score (nSPS) is 16.6. The van der Waals surface area contributed by atoms with Crippen LogP contribution in [0.25, 0.3) is 0 Å². The van der Waals surface area contributed by atoms with Crippen molar-refractivity contribution in [3.8, 4) is 0 Å². The molecule has 0 spiro atoms. The van der Waals surface area contributed by atoms with E-state index in [4.69, 9.17) is 4.74 Å². The number of rotatable bonds is 2. The molecule has 0 bridgehead atoms. The van der Waals surface area contributed by atoms with Crippen LogP contribution in [0.15, 0.2) is 16.6 Å². The van der Waals surface area contributed by atoms with Gasteiger partial charge in [-0.15, -0.1) is 0 Å². The van der Waals surface area contributed by atoms with Gasteiger partial charge in [0.25, 0.3) is 5.91 Å². The molecule has 0 atom stereocenters. The van der Waals surface area contributed by atoms with E-state index in [1.54, 1.807) is 0 Å². The van der Waals surface area contributed by atoms with Gasteiger partial charge in [-0.25, -0.2) is 8.78 Å². The van der Waals surface area contributed by atoms with Gasteiger partial charge < -0.3 is 10.1 Å². The number of halogens is 3. The second-order valence-electron chi connectivity index (χ2n) is 4.08. The molecule has 6 heteroatoms. The van der Waals surface area contributed by atoms with E-state index in [9.17, 15) is 13.6 Å². The Morgan fingerprint density at radius 3 is 2.67 bits per heavy atom. The van der Waals surface area contributed by atoms with Crippen LogP contribution in [0.2, 0.25) is 0 Å². The summed E-state index contributed by atoms with van der Waals surface area (Å²) >= 11 is 2.93. The Kier molecular flexibility index (Phi) is 4.29. The summed E-state index contributed by atoms with van der Waals surface area (Å²) < 4.78 is 32.4. The second-order valence-corrected chi connectivity index (χ2v) is 4.93. The van der Waals surface area contributed by atoms with Gasteiger partial charge in [0.15, 0.2) is 5.82 Å². The molecule has 1 fully saturated rings. The number of hydrogen-bond acceptors (Lipinski definition) is 2. The molecule has 2 rings (SSSR count). The first kappa shape index (κ1) is 13.4. The van der Waals surface area contributed by atoms with Crippen LogP contribution in [-0.4, -0.2) is 25.2 Å². The summed E-state index contributed by atoms with van der Waals surface area (Å²) in [5, 5.41) is 2.62. The molecule has 0 unspecified atom stereocenters. The zero-order chi connectivity index (χ0) is 13.1. The average Bonchev–Trinajstić information content (AvgIpc) is 2.36. The Labute approximate surface area is 112 Å². The third-order valence-electron chi connectivity index (χ3n) is 2.83. The van der Waals surface area contributed by atoms with Crippen molar-refractivity contribution < 1.29 is 18.3 Å². The summed E-state index contributed by atoms with van der Waals surface area (Å²) in [5.41, 5.74) is -0.545. The van der Waals surface area contributed by atoms with E-state index in [-0.39, 0.29) is 10.5 Å². The van der Waals surface area contributed by atoms with Gasteiger partial charge >= 0.3 is 0 Å². The molecule has 0 saturated carbocycles. The van der Waals surface area contributed by atoms with E-state index >= 15 is 0 Å². The Morgan fingerprint density at radius 1 is 1.33 bits per heavy atom. The molecule has 1 aromatic rings. The third-order valence-corrected chi connectivity index (χ3v) is 3.44. The van der Waals surface area contributed by atoms with Crippen LogP contribution in [0.1, 0.15) is 23.2 Å². The first-order valence-electron chi connectivity index (χ1n) is 5.61. The number of hydrogen-bond donors (Lipinski definition) is 1. The summed E-state index contributed by atoms with van der Waals surface area (Å²) in [6.07, 6.45) is 1.31. The number of nitrogens with one attached hydrogen (secondary N) is 1. The van der Waals surface area contributed by atoms with Crippen molar-refractivity contribution >= 4 is 21.8 Å². The third kappa shape index (κ3) is 2.87. The molecule has 1 aliphatic rings. The Bertz CT molecular complexity index is 462. The highest BCUT2D eigenvalue weighted by atomic mass is 79.9. The van der Waals surface area contributed by atoms with Crippen LogP contribution >= 0.6 is 15.9 Å². The highest BCUT2D eigenvalue weighted by Gasteiger charge is 2.23. The Balaban J connectivity index is 2.15. The van der Waals surface area contributed by atoms with Gasteiger partial charge in [-0.1, -0.05) is 0 Å². The average molecular weight is 320 g/mol. The number of amides is 1. The number of carbonyl (C=O) groups excluding carboxylic acids is 1. The second kappa shape index (κ2) is 5.75. The summed E-state index contributed by atoms with van der Waals surface area (Å²) in [6.45, 7) is 1.10. The van der Waals surface area contributed by atoms with Crippen LogP contribution in [0.4, 0.5) is 8.78 Å². The van der Waals surface area contributed by atoms with Gasteiger partial charge in [-0.2, -0.15) is 0 Å². The minimum Gasteiger partial charge on any atom is -0.381 e. The van der Waals surface area contributed by atoms with Gasteiger partial charge in [-0.05, 0) is 40.9 Å². The van der Waals surface area contributed by atoms with E-state index in [1.165, 1.54) is 6.07 Å². The molecule has 1 amide bonds. The van der Waals surface area contributed by atoms with E-state index in [0.29, 0.717) is 26.1 Å². The topological polar surface area (TPSA) is 38.3 Å². The SMILES string of the molecule is O=C(NC1CCOCC1)c1c(F)ccc(Br)c1F. The minimum absolute atomic E-state index is 0.0704. The molecule has 1 heterocycles. The lowest BCUT2D eigenvalue weighted by Crippen LogP contribution is -2.39. The maximum absolute atomic E-state index is 13.7. The molecular formula is C12H12BrF2NO2. The maximum Gasteiger partial charge on any atom is 0.257 e. The fourth-order valence-corrected chi connectivity index (χ4v) is 2.17. The van der Waals surface area contributed by atoms with E-state index in [2.05, 4.69) is 21.2 Å². The number of ether oxygens (including phenoxy) is 1. The van der Waals surface area contributed by atoms with E-state index in [1.807, 2.05) is 0 Å². The molecule has 1 N–H and O–H groups in total. The Morgan fingerprint density at radius 2 is 2.00 bits per heavy atom. The first-order valence-corrected chi connectivity index (χ1v) is 6.41. The molecule has 1 aliphatic heterocycles. The molecule has 3 nitrogen and oxygen atoms in total. The first-order chi connectivity index (χ1) is 8.59. The lowest BCUT2D eigenvalue weighted by molar-refractivity contribution is 0.0692. The summed E-state index contributed by atoms with van der Waals surface area (Å²) in [5.74, 6) is -2.46. The minimum atomic E-state index is -0.875. The summed E-state index contributed by atoms with van der Waals surface area (Å²) in [7, 11) is 0. The molecule has 0 aromatic heterocycles. The van der Waals surface area contributed by atoms with Crippen molar-refractivity contribution in [3.63, 3.8) is 0 Å². The van der Waals surface area contributed by atoms with Crippen LogP contribution in [0, 0.1) is 11.6 Å². The predicted octanol–water partition coefficient (Wildman–Crippen LogP) is 2.64. The molecule has 1 aromatic carbocycles. The fraction of sp³-hybridized carbons (Fsp3) is 0.417. The Hall–Kier alpha value is -1.01. The van der Waals surface area contributed by atoms with Crippen LogP contribution in [0.5, 0.6) is 0 Å². The van der Waals surface area contributed by atoms with Crippen molar-refractivity contribution in [1.29, 1.82) is 0 Å². The van der Waals surface area contributed by atoms with Crippen LogP contribution in [0.3, 0.4) is 0 Å².